The van der Waals surface area contributed by atoms with Gasteiger partial charge in [-0.05, 0) is 23.8 Å². The minimum Gasteiger partial charge on any atom is -0.398 e. The molecule has 0 heterocycles. The van der Waals surface area contributed by atoms with Crippen molar-refractivity contribution in [1.82, 2.24) is 0 Å². The third-order valence-corrected chi connectivity index (χ3v) is 4.13. The molecule has 0 spiro atoms. The highest BCUT2D eigenvalue weighted by molar-refractivity contribution is 9.10. The van der Waals surface area contributed by atoms with Gasteiger partial charge in [0.15, 0.2) is 0 Å². The van der Waals surface area contributed by atoms with E-state index in [1.54, 1.807) is 0 Å². The second-order valence-corrected chi connectivity index (χ2v) is 5.60. The van der Waals surface area contributed by atoms with Crippen molar-refractivity contribution >= 4 is 37.5 Å². The van der Waals surface area contributed by atoms with Gasteiger partial charge in [0.2, 0.25) is 0 Å². The first-order valence-electron chi connectivity index (χ1n) is 5.52. The van der Waals surface area contributed by atoms with E-state index >= 15 is 0 Å². The van der Waals surface area contributed by atoms with Crippen LogP contribution in [0.25, 0.3) is 0 Å². The summed E-state index contributed by atoms with van der Waals surface area (Å²) in [4.78, 5) is 0. The summed E-state index contributed by atoms with van der Waals surface area (Å²) in [6, 6.07) is 13.8. The molecule has 0 saturated heterocycles. The number of nitrogen functional groups attached to an aromatic ring is 1. The minimum atomic E-state index is 0.495. The van der Waals surface area contributed by atoms with Gasteiger partial charge >= 0.3 is 0 Å². The summed E-state index contributed by atoms with van der Waals surface area (Å²) in [6.45, 7) is 1.05. The molecular formula is C14H13Br2NO. The largest absolute Gasteiger partial charge is 0.398 e. The average Bonchev–Trinajstić information content (AvgIpc) is 2.35. The second-order valence-electron chi connectivity index (χ2n) is 3.89. The molecule has 0 bridgehead atoms. The Bertz CT molecular complexity index is 523. The summed E-state index contributed by atoms with van der Waals surface area (Å²) >= 11 is 6.98. The van der Waals surface area contributed by atoms with Gasteiger partial charge in [0.25, 0.3) is 0 Å². The quantitative estimate of drug-likeness (QED) is 0.803. The summed E-state index contributed by atoms with van der Waals surface area (Å²) < 4.78 is 7.75. The lowest BCUT2D eigenvalue weighted by molar-refractivity contribution is 0.107. The number of ether oxygens (including phenoxy) is 1. The van der Waals surface area contributed by atoms with Crippen molar-refractivity contribution in [3.63, 3.8) is 0 Å². The standard InChI is InChI=1S/C14H13Br2NO/c15-12-5-2-1-4-10(12)8-18-9-11-13(16)6-3-7-14(11)17/h1-7H,8-9,17H2. The topological polar surface area (TPSA) is 35.2 Å². The number of hydrogen-bond acceptors (Lipinski definition) is 2. The number of rotatable bonds is 4. The molecule has 2 aromatic rings. The Morgan fingerprint density at radius 1 is 0.889 bits per heavy atom. The number of nitrogens with two attached hydrogens (primary N) is 1. The summed E-state index contributed by atoms with van der Waals surface area (Å²) in [5, 5.41) is 0. The molecule has 0 radical (unpaired) electrons. The van der Waals surface area contributed by atoms with E-state index in [2.05, 4.69) is 31.9 Å². The molecule has 0 unspecified atom stereocenters. The highest BCUT2D eigenvalue weighted by atomic mass is 79.9. The zero-order chi connectivity index (χ0) is 13.0. The Morgan fingerprint density at radius 3 is 2.33 bits per heavy atom. The molecule has 0 aromatic heterocycles. The highest BCUT2D eigenvalue weighted by Crippen LogP contribution is 2.24. The highest BCUT2D eigenvalue weighted by Gasteiger charge is 2.05. The molecule has 2 aromatic carbocycles. The summed E-state index contributed by atoms with van der Waals surface area (Å²) in [5.74, 6) is 0. The molecular weight excluding hydrogens is 358 g/mol. The molecule has 0 fully saturated rings. The maximum atomic E-state index is 5.91. The predicted octanol–water partition coefficient (Wildman–Crippen LogP) is 4.51. The predicted molar refractivity (Wildman–Crippen MR) is 81.2 cm³/mol. The monoisotopic (exact) mass is 369 g/mol. The van der Waals surface area contributed by atoms with Crippen LogP contribution in [0.15, 0.2) is 51.4 Å². The van der Waals surface area contributed by atoms with E-state index in [-0.39, 0.29) is 0 Å². The van der Waals surface area contributed by atoms with Crippen molar-refractivity contribution in [3.8, 4) is 0 Å². The third kappa shape index (κ3) is 3.34. The maximum Gasteiger partial charge on any atom is 0.0752 e. The van der Waals surface area contributed by atoms with Crippen LogP contribution >= 0.6 is 31.9 Å². The molecule has 94 valence electrons. The second kappa shape index (κ2) is 6.36. The summed E-state index contributed by atoms with van der Waals surface area (Å²) in [6.07, 6.45) is 0. The van der Waals surface area contributed by atoms with Gasteiger partial charge in [0.05, 0.1) is 13.2 Å². The van der Waals surface area contributed by atoms with Gasteiger partial charge in [0, 0.05) is 20.2 Å². The van der Waals surface area contributed by atoms with Crippen LogP contribution in [0.2, 0.25) is 0 Å². The number of hydrogen-bond donors (Lipinski definition) is 1. The van der Waals surface area contributed by atoms with Crippen LogP contribution in [0, 0.1) is 0 Å². The fourth-order valence-corrected chi connectivity index (χ4v) is 2.50. The van der Waals surface area contributed by atoms with Gasteiger partial charge in [-0.3, -0.25) is 0 Å². The maximum absolute atomic E-state index is 5.91. The van der Waals surface area contributed by atoms with E-state index in [0.29, 0.717) is 13.2 Å². The van der Waals surface area contributed by atoms with E-state index in [9.17, 15) is 0 Å². The lowest BCUT2D eigenvalue weighted by Crippen LogP contribution is -2.00. The smallest absolute Gasteiger partial charge is 0.0752 e. The van der Waals surface area contributed by atoms with Crippen molar-refractivity contribution in [3.05, 3.63) is 62.5 Å². The molecule has 2 N–H and O–H groups in total. The van der Waals surface area contributed by atoms with Gasteiger partial charge in [0.1, 0.15) is 0 Å². The fourth-order valence-electron chi connectivity index (χ4n) is 1.61. The first kappa shape index (κ1) is 13.6. The van der Waals surface area contributed by atoms with Gasteiger partial charge in [-0.25, -0.2) is 0 Å². The van der Waals surface area contributed by atoms with Crippen molar-refractivity contribution < 1.29 is 4.74 Å². The van der Waals surface area contributed by atoms with E-state index in [0.717, 1.165) is 25.8 Å². The van der Waals surface area contributed by atoms with Gasteiger partial charge in [-0.2, -0.15) is 0 Å². The van der Waals surface area contributed by atoms with Crippen LogP contribution in [-0.4, -0.2) is 0 Å². The Kier molecular flexibility index (Phi) is 4.80. The Labute approximate surface area is 123 Å². The first-order chi connectivity index (χ1) is 8.68. The lowest BCUT2D eigenvalue weighted by atomic mass is 10.2. The number of anilines is 1. The molecule has 2 rings (SSSR count). The molecule has 0 aliphatic carbocycles. The number of benzene rings is 2. The Balaban J connectivity index is 1.99. The van der Waals surface area contributed by atoms with Crippen LogP contribution < -0.4 is 5.73 Å². The van der Waals surface area contributed by atoms with Gasteiger partial charge < -0.3 is 10.5 Å². The van der Waals surface area contributed by atoms with Gasteiger partial charge in [-0.15, -0.1) is 0 Å². The zero-order valence-electron chi connectivity index (χ0n) is 9.70. The molecule has 0 amide bonds. The van der Waals surface area contributed by atoms with Crippen molar-refractivity contribution in [1.29, 1.82) is 0 Å². The molecule has 4 heteroatoms. The van der Waals surface area contributed by atoms with E-state index in [1.807, 2.05) is 42.5 Å². The summed E-state index contributed by atoms with van der Waals surface area (Å²) in [7, 11) is 0. The van der Waals surface area contributed by atoms with E-state index in [4.69, 9.17) is 10.5 Å². The van der Waals surface area contributed by atoms with E-state index < -0.39 is 0 Å². The average molecular weight is 371 g/mol. The third-order valence-electron chi connectivity index (χ3n) is 2.62. The first-order valence-corrected chi connectivity index (χ1v) is 7.11. The van der Waals surface area contributed by atoms with Crippen molar-refractivity contribution in [2.45, 2.75) is 13.2 Å². The van der Waals surface area contributed by atoms with Crippen LogP contribution in [0.1, 0.15) is 11.1 Å². The Morgan fingerprint density at radius 2 is 1.61 bits per heavy atom. The SMILES string of the molecule is Nc1cccc(Br)c1COCc1ccccc1Br. The zero-order valence-corrected chi connectivity index (χ0v) is 12.9. The summed E-state index contributed by atoms with van der Waals surface area (Å²) in [5.41, 5.74) is 8.78. The molecule has 2 nitrogen and oxygen atoms in total. The normalized spacial score (nSPS) is 10.6. The number of halogens is 2. The molecule has 0 saturated carbocycles. The van der Waals surface area contributed by atoms with Crippen molar-refractivity contribution in [2.24, 2.45) is 0 Å². The molecule has 18 heavy (non-hydrogen) atoms. The van der Waals surface area contributed by atoms with Crippen molar-refractivity contribution in [2.75, 3.05) is 5.73 Å². The van der Waals surface area contributed by atoms with E-state index in [1.165, 1.54) is 0 Å². The fraction of sp³-hybridized carbons (Fsp3) is 0.143. The van der Waals surface area contributed by atoms with Crippen LogP contribution in [0.3, 0.4) is 0 Å². The van der Waals surface area contributed by atoms with Crippen LogP contribution in [0.4, 0.5) is 5.69 Å². The minimum absolute atomic E-state index is 0.495. The van der Waals surface area contributed by atoms with Crippen LogP contribution in [-0.2, 0) is 18.0 Å². The Hall–Kier alpha value is -0.840. The molecule has 0 aliphatic heterocycles. The van der Waals surface area contributed by atoms with Gasteiger partial charge in [-0.1, -0.05) is 56.1 Å². The molecule has 0 aliphatic rings. The molecule has 0 atom stereocenters. The lowest BCUT2D eigenvalue weighted by Gasteiger charge is -2.10. The van der Waals surface area contributed by atoms with Crippen LogP contribution in [0.5, 0.6) is 0 Å².